The van der Waals surface area contributed by atoms with Crippen molar-refractivity contribution in [1.82, 2.24) is 20.4 Å². The number of nitrogens with zero attached hydrogens (tertiary/aromatic N) is 4. The fraction of sp³-hybridized carbons (Fsp3) is 0.333. The summed E-state index contributed by atoms with van der Waals surface area (Å²) in [5.41, 5.74) is 5.44. The first kappa shape index (κ1) is 9.41. The van der Waals surface area contributed by atoms with Gasteiger partial charge in [-0.05, 0) is 0 Å². The molecule has 2 aromatic heterocycles. The van der Waals surface area contributed by atoms with Gasteiger partial charge in [0, 0.05) is 6.92 Å². The molecule has 74 valence electrons. The van der Waals surface area contributed by atoms with Gasteiger partial charge in [0.1, 0.15) is 5.01 Å². The van der Waals surface area contributed by atoms with Crippen molar-refractivity contribution < 1.29 is 4.42 Å². The maximum Gasteiger partial charge on any atom is 0.276 e. The SMILES string of the molecule is Cc1nnc(SCc2nnc(N)s2)o1. The topological polar surface area (TPSA) is 90.7 Å². The first-order valence-corrected chi connectivity index (χ1v) is 5.55. The summed E-state index contributed by atoms with van der Waals surface area (Å²) < 4.78 is 5.18. The van der Waals surface area contributed by atoms with E-state index in [9.17, 15) is 0 Å². The molecule has 8 heteroatoms. The number of nitrogen functional groups attached to an aromatic ring is 1. The second-order valence-corrected chi connectivity index (χ2v) is 4.43. The lowest BCUT2D eigenvalue weighted by Crippen LogP contribution is -1.81. The minimum atomic E-state index is 0.474. The van der Waals surface area contributed by atoms with E-state index < -0.39 is 0 Å². The van der Waals surface area contributed by atoms with E-state index in [1.54, 1.807) is 6.92 Å². The molecule has 0 atom stereocenters. The second-order valence-electron chi connectivity index (χ2n) is 2.41. The van der Waals surface area contributed by atoms with Crippen LogP contribution in [-0.2, 0) is 5.75 Å². The van der Waals surface area contributed by atoms with Gasteiger partial charge in [0.25, 0.3) is 5.22 Å². The highest BCUT2D eigenvalue weighted by Gasteiger charge is 2.06. The average Bonchev–Trinajstić information content (AvgIpc) is 2.72. The molecule has 2 heterocycles. The predicted molar refractivity (Wildman–Crippen MR) is 52.9 cm³/mol. The van der Waals surface area contributed by atoms with Gasteiger partial charge in [-0.15, -0.1) is 20.4 Å². The van der Waals surface area contributed by atoms with Gasteiger partial charge in [-0.2, -0.15) is 0 Å². The number of aromatic nitrogens is 4. The monoisotopic (exact) mass is 229 g/mol. The zero-order chi connectivity index (χ0) is 9.97. The minimum Gasteiger partial charge on any atom is -0.416 e. The number of aryl methyl sites for hydroxylation is 1. The summed E-state index contributed by atoms with van der Waals surface area (Å²) in [4.78, 5) is 0. The second kappa shape index (κ2) is 3.93. The van der Waals surface area contributed by atoms with Crippen LogP contribution in [0.4, 0.5) is 5.13 Å². The fourth-order valence-electron chi connectivity index (χ4n) is 0.785. The van der Waals surface area contributed by atoms with E-state index in [1.165, 1.54) is 23.1 Å². The van der Waals surface area contributed by atoms with Crippen LogP contribution in [0.1, 0.15) is 10.9 Å². The molecule has 0 fully saturated rings. The summed E-state index contributed by atoms with van der Waals surface area (Å²) in [5.74, 6) is 1.21. The van der Waals surface area contributed by atoms with Crippen molar-refractivity contribution in [2.45, 2.75) is 17.9 Å². The molecule has 0 aromatic carbocycles. The quantitative estimate of drug-likeness (QED) is 0.788. The van der Waals surface area contributed by atoms with Crippen LogP contribution in [0.15, 0.2) is 9.64 Å². The van der Waals surface area contributed by atoms with Gasteiger partial charge < -0.3 is 10.2 Å². The number of anilines is 1. The Morgan fingerprint density at radius 2 is 2.21 bits per heavy atom. The molecular weight excluding hydrogens is 222 g/mol. The molecule has 0 radical (unpaired) electrons. The molecule has 0 spiro atoms. The highest BCUT2D eigenvalue weighted by Crippen LogP contribution is 2.23. The first-order chi connectivity index (χ1) is 6.74. The van der Waals surface area contributed by atoms with E-state index >= 15 is 0 Å². The van der Waals surface area contributed by atoms with Crippen LogP contribution in [0.2, 0.25) is 0 Å². The third kappa shape index (κ3) is 2.20. The molecule has 0 bridgehead atoms. The Kier molecular flexibility index (Phi) is 2.64. The summed E-state index contributed by atoms with van der Waals surface area (Å²) in [7, 11) is 0. The predicted octanol–water partition coefficient (Wildman–Crippen LogP) is 1.10. The number of thioether (sulfide) groups is 1. The van der Waals surface area contributed by atoms with Gasteiger partial charge >= 0.3 is 0 Å². The zero-order valence-corrected chi connectivity index (χ0v) is 8.93. The van der Waals surface area contributed by atoms with Crippen molar-refractivity contribution in [3.8, 4) is 0 Å². The highest BCUT2D eigenvalue weighted by molar-refractivity contribution is 7.98. The maximum absolute atomic E-state index is 5.44. The van der Waals surface area contributed by atoms with Gasteiger partial charge in [-0.3, -0.25) is 0 Å². The number of nitrogens with two attached hydrogens (primary N) is 1. The largest absolute Gasteiger partial charge is 0.416 e. The summed E-state index contributed by atoms with van der Waals surface area (Å²) in [6, 6.07) is 0. The lowest BCUT2D eigenvalue weighted by atomic mass is 10.8. The van der Waals surface area contributed by atoms with E-state index in [0.717, 1.165) is 5.01 Å². The zero-order valence-electron chi connectivity index (χ0n) is 7.30. The van der Waals surface area contributed by atoms with E-state index in [1.807, 2.05) is 0 Å². The molecule has 2 N–H and O–H groups in total. The molecular formula is C6H7N5OS2. The van der Waals surface area contributed by atoms with Gasteiger partial charge in [0.15, 0.2) is 0 Å². The van der Waals surface area contributed by atoms with Gasteiger partial charge in [0.2, 0.25) is 11.0 Å². The summed E-state index contributed by atoms with van der Waals surface area (Å²) in [6.45, 7) is 1.75. The lowest BCUT2D eigenvalue weighted by Gasteiger charge is -1.88. The van der Waals surface area contributed by atoms with Crippen LogP contribution >= 0.6 is 23.1 Å². The summed E-state index contributed by atoms with van der Waals surface area (Å²) >= 11 is 2.78. The molecule has 2 aromatic rings. The molecule has 0 aliphatic carbocycles. The van der Waals surface area contributed by atoms with E-state index in [4.69, 9.17) is 10.2 Å². The maximum atomic E-state index is 5.44. The lowest BCUT2D eigenvalue weighted by molar-refractivity contribution is 0.429. The van der Waals surface area contributed by atoms with Crippen LogP contribution in [0.3, 0.4) is 0 Å². The Hall–Kier alpha value is -1.15. The van der Waals surface area contributed by atoms with Crippen molar-refractivity contribution >= 4 is 28.2 Å². The van der Waals surface area contributed by atoms with Gasteiger partial charge in [-0.25, -0.2) is 0 Å². The minimum absolute atomic E-state index is 0.474. The number of rotatable bonds is 3. The molecule has 14 heavy (non-hydrogen) atoms. The summed E-state index contributed by atoms with van der Waals surface area (Å²) in [5, 5.41) is 17.0. The first-order valence-electron chi connectivity index (χ1n) is 3.75. The van der Waals surface area contributed by atoms with Crippen LogP contribution in [0.25, 0.3) is 0 Å². The Labute approximate surface area is 87.9 Å². The number of hydrogen-bond acceptors (Lipinski definition) is 8. The van der Waals surface area contributed by atoms with Gasteiger partial charge in [0.05, 0.1) is 5.75 Å². The van der Waals surface area contributed by atoms with Crippen molar-refractivity contribution in [1.29, 1.82) is 0 Å². The smallest absolute Gasteiger partial charge is 0.276 e. The van der Waals surface area contributed by atoms with Crippen LogP contribution in [-0.4, -0.2) is 20.4 Å². The molecule has 6 nitrogen and oxygen atoms in total. The van der Waals surface area contributed by atoms with Crippen molar-refractivity contribution in [2.24, 2.45) is 0 Å². The number of hydrogen-bond donors (Lipinski definition) is 1. The molecule has 0 aliphatic heterocycles. The molecule has 0 aliphatic rings. The average molecular weight is 229 g/mol. The molecule has 0 unspecified atom stereocenters. The van der Waals surface area contributed by atoms with Crippen molar-refractivity contribution in [3.63, 3.8) is 0 Å². The van der Waals surface area contributed by atoms with E-state index in [2.05, 4.69) is 20.4 Å². The summed E-state index contributed by atoms with van der Waals surface area (Å²) in [6.07, 6.45) is 0. The Balaban J connectivity index is 1.94. The van der Waals surface area contributed by atoms with Crippen molar-refractivity contribution in [3.05, 3.63) is 10.9 Å². The third-order valence-corrected chi connectivity index (χ3v) is 3.07. The fourth-order valence-corrected chi connectivity index (χ4v) is 2.19. The van der Waals surface area contributed by atoms with Crippen LogP contribution in [0, 0.1) is 6.92 Å². The van der Waals surface area contributed by atoms with Crippen molar-refractivity contribution in [2.75, 3.05) is 5.73 Å². The standard InChI is InChI=1S/C6H7N5OS2/c1-3-8-11-6(12-3)13-2-4-9-10-5(7)14-4/h2H2,1H3,(H2,7,10). The molecule has 0 saturated heterocycles. The molecule has 0 amide bonds. The van der Waals surface area contributed by atoms with Crippen LogP contribution < -0.4 is 5.73 Å². The Morgan fingerprint density at radius 3 is 2.79 bits per heavy atom. The molecule has 0 saturated carbocycles. The van der Waals surface area contributed by atoms with E-state index in [0.29, 0.717) is 22.0 Å². The van der Waals surface area contributed by atoms with Gasteiger partial charge in [-0.1, -0.05) is 23.1 Å². The third-order valence-electron chi connectivity index (χ3n) is 1.31. The highest BCUT2D eigenvalue weighted by atomic mass is 32.2. The Bertz CT molecular complexity index is 385. The van der Waals surface area contributed by atoms with E-state index in [-0.39, 0.29) is 0 Å². The molecule has 2 rings (SSSR count). The Morgan fingerprint density at radius 1 is 1.36 bits per heavy atom. The normalized spacial score (nSPS) is 10.6. The van der Waals surface area contributed by atoms with Crippen LogP contribution in [0.5, 0.6) is 0 Å².